The molecule has 0 bridgehead atoms. The van der Waals surface area contributed by atoms with E-state index in [2.05, 4.69) is 42.4 Å². The molecule has 25 heavy (non-hydrogen) atoms. The van der Waals surface area contributed by atoms with Gasteiger partial charge < -0.3 is 10.5 Å². The Labute approximate surface area is 149 Å². The Balaban J connectivity index is 2.04. The van der Waals surface area contributed by atoms with Crippen molar-refractivity contribution in [2.24, 2.45) is 5.73 Å². The zero-order chi connectivity index (χ0) is 17.8. The minimum atomic E-state index is 0.0794. The molecule has 130 valence electrons. The summed E-state index contributed by atoms with van der Waals surface area (Å²) in [6, 6.07) is 18.6. The topological polar surface area (TPSA) is 53.1 Å². The maximum absolute atomic E-state index is 6.17. The molecule has 0 saturated carbocycles. The van der Waals surface area contributed by atoms with Crippen molar-refractivity contribution in [2.45, 2.75) is 26.7 Å². The lowest BCUT2D eigenvalue weighted by atomic mass is 9.93. The molecule has 1 atom stereocenters. The van der Waals surface area contributed by atoms with Crippen molar-refractivity contribution in [1.82, 2.24) is 9.78 Å². The van der Waals surface area contributed by atoms with E-state index in [1.165, 1.54) is 5.56 Å². The van der Waals surface area contributed by atoms with Crippen molar-refractivity contribution in [1.29, 1.82) is 0 Å². The molecule has 1 heterocycles. The maximum Gasteiger partial charge on any atom is 0.122 e. The van der Waals surface area contributed by atoms with Crippen LogP contribution in [0.3, 0.4) is 0 Å². The number of benzene rings is 2. The van der Waals surface area contributed by atoms with Crippen LogP contribution in [0.2, 0.25) is 0 Å². The van der Waals surface area contributed by atoms with Crippen LogP contribution in [-0.4, -0.2) is 22.9 Å². The van der Waals surface area contributed by atoms with Gasteiger partial charge >= 0.3 is 0 Å². The normalized spacial score (nSPS) is 12.2. The molecule has 1 aromatic heterocycles. The highest BCUT2D eigenvalue weighted by Gasteiger charge is 2.20. The summed E-state index contributed by atoms with van der Waals surface area (Å²) in [4.78, 5) is 0. The molecular weight excluding hydrogens is 310 g/mol. The van der Waals surface area contributed by atoms with Crippen LogP contribution in [0.4, 0.5) is 0 Å². The Bertz CT molecular complexity index is 840. The molecule has 0 aliphatic rings. The van der Waals surface area contributed by atoms with Crippen molar-refractivity contribution in [3.05, 3.63) is 77.1 Å². The number of hydrogen-bond acceptors (Lipinski definition) is 3. The van der Waals surface area contributed by atoms with Crippen LogP contribution in [0.1, 0.15) is 35.4 Å². The first-order chi connectivity index (χ1) is 12.1. The molecule has 3 rings (SSSR count). The Morgan fingerprint density at radius 3 is 2.48 bits per heavy atom. The van der Waals surface area contributed by atoms with Gasteiger partial charge in [-0.15, -0.1) is 0 Å². The molecule has 4 nitrogen and oxygen atoms in total. The summed E-state index contributed by atoms with van der Waals surface area (Å²) in [6.07, 6.45) is 0. The van der Waals surface area contributed by atoms with Crippen molar-refractivity contribution >= 4 is 0 Å². The highest BCUT2D eigenvalue weighted by Crippen LogP contribution is 2.30. The number of aromatic nitrogens is 2. The Morgan fingerprint density at radius 2 is 1.84 bits per heavy atom. The number of rotatable bonds is 6. The highest BCUT2D eigenvalue weighted by atomic mass is 16.5. The number of para-hydroxylation sites is 1. The van der Waals surface area contributed by atoms with E-state index in [4.69, 9.17) is 10.5 Å². The third-order valence-electron chi connectivity index (χ3n) is 4.35. The third kappa shape index (κ3) is 3.59. The molecule has 1 unspecified atom stereocenters. The fraction of sp³-hybridized carbons (Fsp3) is 0.286. The van der Waals surface area contributed by atoms with Gasteiger partial charge in [-0.25, -0.2) is 4.68 Å². The van der Waals surface area contributed by atoms with E-state index in [1.54, 1.807) is 0 Å². The van der Waals surface area contributed by atoms with E-state index in [0.29, 0.717) is 13.2 Å². The van der Waals surface area contributed by atoms with Gasteiger partial charge in [0.15, 0.2) is 0 Å². The minimum absolute atomic E-state index is 0.0794. The monoisotopic (exact) mass is 335 g/mol. The molecular formula is C21H25N3O. The van der Waals surface area contributed by atoms with Gasteiger partial charge in [0.25, 0.3) is 0 Å². The summed E-state index contributed by atoms with van der Waals surface area (Å²) in [5, 5.41) is 4.68. The number of aryl methyl sites for hydroxylation is 2. The molecule has 0 fully saturated rings. The van der Waals surface area contributed by atoms with Crippen molar-refractivity contribution < 1.29 is 4.74 Å². The Morgan fingerprint density at radius 1 is 1.08 bits per heavy atom. The SMILES string of the molecule is CCOc1ccc(C(CN)c2cc(C)nn2-c2ccccc2)cc1C. The zero-order valence-corrected chi connectivity index (χ0v) is 15.1. The number of nitrogens with two attached hydrogens (primary N) is 1. The Hall–Kier alpha value is -2.59. The third-order valence-corrected chi connectivity index (χ3v) is 4.35. The van der Waals surface area contributed by atoms with E-state index < -0.39 is 0 Å². The summed E-state index contributed by atoms with van der Waals surface area (Å²) >= 11 is 0. The van der Waals surface area contributed by atoms with Crippen LogP contribution in [0.5, 0.6) is 5.75 Å². The lowest BCUT2D eigenvalue weighted by Gasteiger charge is -2.19. The fourth-order valence-electron chi connectivity index (χ4n) is 3.18. The van der Waals surface area contributed by atoms with E-state index in [1.807, 2.05) is 42.8 Å². The summed E-state index contributed by atoms with van der Waals surface area (Å²) in [6.45, 7) is 7.27. The van der Waals surface area contributed by atoms with Crippen molar-refractivity contribution in [2.75, 3.05) is 13.2 Å². The molecule has 3 aromatic rings. The smallest absolute Gasteiger partial charge is 0.122 e. The molecule has 2 N–H and O–H groups in total. The van der Waals surface area contributed by atoms with E-state index in [9.17, 15) is 0 Å². The minimum Gasteiger partial charge on any atom is -0.494 e. The summed E-state index contributed by atoms with van der Waals surface area (Å²) in [7, 11) is 0. The van der Waals surface area contributed by atoms with Crippen LogP contribution >= 0.6 is 0 Å². The first-order valence-corrected chi connectivity index (χ1v) is 8.69. The largest absolute Gasteiger partial charge is 0.494 e. The second kappa shape index (κ2) is 7.53. The molecule has 0 amide bonds. The number of ether oxygens (including phenoxy) is 1. The second-order valence-electron chi connectivity index (χ2n) is 6.20. The van der Waals surface area contributed by atoms with E-state index >= 15 is 0 Å². The molecule has 0 saturated heterocycles. The lowest BCUT2D eigenvalue weighted by molar-refractivity contribution is 0.337. The van der Waals surface area contributed by atoms with Crippen LogP contribution in [0.15, 0.2) is 54.6 Å². The quantitative estimate of drug-likeness (QED) is 0.741. The first kappa shape index (κ1) is 17.2. The summed E-state index contributed by atoms with van der Waals surface area (Å²) in [5.74, 6) is 1.01. The van der Waals surface area contributed by atoms with Crippen molar-refractivity contribution in [3.8, 4) is 11.4 Å². The van der Waals surface area contributed by atoms with Gasteiger partial charge in [0.2, 0.25) is 0 Å². The van der Waals surface area contributed by atoms with E-state index in [0.717, 1.165) is 28.4 Å². The van der Waals surface area contributed by atoms with Gasteiger partial charge in [-0.2, -0.15) is 5.10 Å². The molecule has 2 aromatic carbocycles. The molecule has 0 radical (unpaired) electrons. The standard InChI is InChI=1S/C21H25N3O/c1-4-25-21-11-10-17(12-15(21)2)19(14-22)20-13-16(3)23-24(20)18-8-6-5-7-9-18/h5-13,19H,4,14,22H2,1-3H3. The van der Waals surface area contributed by atoms with Gasteiger partial charge in [-0.05, 0) is 56.2 Å². The van der Waals surface area contributed by atoms with Gasteiger partial charge in [-0.1, -0.05) is 30.3 Å². The average Bonchev–Trinajstić information content (AvgIpc) is 3.00. The fourth-order valence-corrected chi connectivity index (χ4v) is 3.18. The molecule has 0 aliphatic carbocycles. The summed E-state index contributed by atoms with van der Waals surface area (Å²) < 4.78 is 7.66. The van der Waals surface area contributed by atoms with Crippen LogP contribution < -0.4 is 10.5 Å². The van der Waals surface area contributed by atoms with Crippen LogP contribution in [0.25, 0.3) is 5.69 Å². The second-order valence-corrected chi connectivity index (χ2v) is 6.20. The van der Waals surface area contributed by atoms with Gasteiger partial charge in [0, 0.05) is 12.5 Å². The van der Waals surface area contributed by atoms with E-state index in [-0.39, 0.29) is 5.92 Å². The lowest BCUT2D eigenvalue weighted by Crippen LogP contribution is -2.18. The van der Waals surface area contributed by atoms with Gasteiger partial charge in [-0.3, -0.25) is 0 Å². The molecule has 0 spiro atoms. The average molecular weight is 335 g/mol. The zero-order valence-electron chi connectivity index (χ0n) is 15.1. The summed E-state index contributed by atoms with van der Waals surface area (Å²) in [5.41, 5.74) is 11.6. The predicted octanol–water partition coefficient (Wildman–Crippen LogP) is 3.98. The van der Waals surface area contributed by atoms with Crippen LogP contribution in [-0.2, 0) is 0 Å². The number of hydrogen-bond donors (Lipinski definition) is 1. The predicted molar refractivity (Wildman–Crippen MR) is 102 cm³/mol. The van der Waals surface area contributed by atoms with Gasteiger partial charge in [0.1, 0.15) is 5.75 Å². The van der Waals surface area contributed by atoms with Gasteiger partial charge in [0.05, 0.1) is 23.7 Å². The van der Waals surface area contributed by atoms with Crippen LogP contribution in [0, 0.1) is 13.8 Å². The highest BCUT2D eigenvalue weighted by molar-refractivity contribution is 5.42. The maximum atomic E-state index is 6.17. The van der Waals surface area contributed by atoms with Crippen molar-refractivity contribution in [3.63, 3.8) is 0 Å². The number of nitrogens with zero attached hydrogens (tertiary/aromatic N) is 2. The molecule has 4 heteroatoms. The first-order valence-electron chi connectivity index (χ1n) is 8.69. The molecule has 0 aliphatic heterocycles. The Kier molecular flexibility index (Phi) is 5.19.